The topological polar surface area (TPSA) is 78.9 Å². The first kappa shape index (κ1) is 24.0. The van der Waals surface area contributed by atoms with Gasteiger partial charge in [-0.3, -0.25) is 9.59 Å². The third-order valence-corrected chi connectivity index (χ3v) is 6.39. The van der Waals surface area contributed by atoms with Gasteiger partial charge in [-0.15, -0.1) is 10.2 Å². The second-order valence-electron chi connectivity index (χ2n) is 9.58. The van der Waals surface area contributed by atoms with Crippen molar-refractivity contribution in [2.75, 3.05) is 44.7 Å². The minimum atomic E-state index is 0.0466. The Hall–Kier alpha value is -3.16. The Morgan fingerprint density at radius 2 is 1.91 bits per heavy atom. The van der Waals surface area contributed by atoms with Crippen molar-refractivity contribution < 1.29 is 14.3 Å². The van der Waals surface area contributed by atoms with Gasteiger partial charge in [0.2, 0.25) is 11.8 Å². The molecule has 1 saturated carbocycles. The van der Waals surface area contributed by atoms with Gasteiger partial charge >= 0.3 is 0 Å². The maximum Gasteiger partial charge on any atom is 0.242 e. The molecule has 2 heterocycles. The molecule has 1 aromatic heterocycles. The molecule has 1 saturated heterocycles. The van der Waals surface area contributed by atoms with Crippen molar-refractivity contribution >= 4 is 17.6 Å². The first-order valence-corrected chi connectivity index (χ1v) is 12.2. The summed E-state index contributed by atoms with van der Waals surface area (Å²) in [6.07, 6.45) is 3.38. The van der Waals surface area contributed by atoms with Gasteiger partial charge in [0.1, 0.15) is 12.3 Å². The molecule has 1 aromatic carbocycles. The van der Waals surface area contributed by atoms with Gasteiger partial charge in [0.25, 0.3) is 0 Å². The summed E-state index contributed by atoms with van der Waals surface area (Å²) in [6.45, 7) is 7.11. The molecule has 2 aromatic rings. The lowest BCUT2D eigenvalue weighted by atomic mass is 10.1. The Kier molecular flexibility index (Phi) is 7.65. The molecule has 0 N–H and O–H groups in total. The molecule has 1 aliphatic heterocycles. The normalized spacial score (nSPS) is 16.4. The molecule has 8 nitrogen and oxygen atoms in total. The number of methoxy groups -OCH3 is 1. The maximum absolute atomic E-state index is 13.1. The molecule has 0 radical (unpaired) electrons. The molecule has 182 valence electrons. The second-order valence-corrected chi connectivity index (χ2v) is 9.58. The second kappa shape index (κ2) is 10.8. The van der Waals surface area contributed by atoms with Gasteiger partial charge < -0.3 is 19.4 Å². The largest absolute Gasteiger partial charge is 0.497 e. The fourth-order valence-electron chi connectivity index (χ4n) is 4.35. The summed E-state index contributed by atoms with van der Waals surface area (Å²) in [4.78, 5) is 31.6. The quantitative estimate of drug-likeness (QED) is 0.596. The molecule has 2 fully saturated rings. The van der Waals surface area contributed by atoms with E-state index in [2.05, 4.69) is 15.1 Å². The molecule has 0 unspecified atom stereocenters. The van der Waals surface area contributed by atoms with Gasteiger partial charge in [-0.05, 0) is 49.4 Å². The number of benzene rings is 1. The van der Waals surface area contributed by atoms with E-state index in [1.807, 2.05) is 60.0 Å². The molecule has 2 amide bonds. The lowest BCUT2D eigenvalue weighted by Crippen LogP contribution is -2.45. The van der Waals surface area contributed by atoms with Crippen molar-refractivity contribution in [1.29, 1.82) is 0 Å². The van der Waals surface area contributed by atoms with Gasteiger partial charge in [-0.2, -0.15) is 0 Å². The SMILES string of the molecule is COc1cccc(-c2ccc(N3CCCN(C(=O)CN(C(=O)CC(C)C)C4CC4)CC3)nn2)c1. The van der Waals surface area contributed by atoms with Crippen molar-refractivity contribution in [3.8, 4) is 17.0 Å². The summed E-state index contributed by atoms with van der Waals surface area (Å²) in [6, 6.07) is 12.0. The highest BCUT2D eigenvalue weighted by Gasteiger charge is 2.35. The molecular weight excluding hydrogens is 430 g/mol. The number of hydrogen-bond acceptors (Lipinski definition) is 6. The molecule has 0 atom stereocenters. The number of anilines is 1. The van der Waals surface area contributed by atoms with Crippen molar-refractivity contribution in [2.24, 2.45) is 5.92 Å². The highest BCUT2D eigenvalue weighted by atomic mass is 16.5. The summed E-state index contributed by atoms with van der Waals surface area (Å²) in [5.41, 5.74) is 1.75. The average Bonchev–Trinajstić information content (AvgIpc) is 3.69. The highest BCUT2D eigenvalue weighted by Crippen LogP contribution is 2.28. The predicted octanol–water partition coefficient (Wildman–Crippen LogP) is 3.23. The van der Waals surface area contributed by atoms with Gasteiger partial charge in [0.15, 0.2) is 5.82 Å². The predicted molar refractivity (Wildman–Crippen MR) is 132 cm³/mol. The number of carbonyl (C=O) groups excluding carboxylic acids is 2. The molecule has 0 spiro atoms. The standard InChI is InChI=1S/C26H35N5O3/c1-19(2)16-25(32)31(21-8-9-21)18-26(33)30-13-5-12-29(14-15-30)24-11-10-23(27-28-24)20-6-4-7-22(17-20)34-3/h4,6-7,10-11,17,19,21H,5,8-9,12-16,18H2,1-3H3. The van der Waals surface area contributed by atoms with Crippen LogP contribution in [-0.2, 0) is 9.59 Å². The smallest absolute Gasteiger partial charge is 0.242 e. The zero-order valence-corrected chi connectivity index (χ0v) is 20.4. The summed E-state index contributed by atoms with van der Waals surface area (Å²) in [7, 11) is 1.65. The zero-order chi connectivity index (χ0) is 24.1. The number of aromatic nitrogens is 2. The Balaban J connectivity index is 1.35. The van der Waals surface area contributed by atoms with E-state index in [4.69, 9.17) is 4.74 Å². The summed E-state index contributed by atoms with van der Waals surface area (Å²) >= 11 is 0. The molecule has 4 rings (SSSR count). The lowest BCUT2D eigenvalue weighted by molar-refractivity contribution is -0.141. The molecule has 0 bridgehead atoms. The minimum absolute atomic E-state index is 0.0466. The van der Waals surface area contributed by atoms with E-state index in [-0.39, 0.29) is 24.4 Å². The fraction of sp³-hybridized carbons (Fsp3) is 0.538. The van der Waals surface area contributed by atoms with Crippen LogP contribution in [0.2, 0.25) is 0 Å². The van der Waals surface area contributed by atoms with Crippen molar-refractivity contribution in [1.82, 2.24) is 20.0 Å². The van der Waals surface area contributed by atoms with Crippen LogP contribution in [0.4, 0.5) is 5.82 Å². The first-order chi connectivity index (χ1) is 16.4. The van der Waals surface area contributed by atoms with E-state index < -0.39 is 0 Å². The third-order valence-electron chi connectivity index (χ3n) is 6.39. The van der Waals surface area contributed by atoms with Crippen LogP contribution in [0.3, 0.4) is 0 Å². The van der Waals surface area contributed by atoms with Crippen LogP contribution in [0.15, 0.2) is 36.4 Å². The number of rotatable bonds is 8. The molecule has 2 aliphatic rings. The van der Waals surface area contributed by atoms with Crippen LogP contribution in [0.1, 0.15) is 39.5 Å². The Morgan fingerprint density at radius 1 is 1.09 bits per heavy atom. The van der Waals surface area contributed by atoms with Crippen molar-refractivity contribution in [3.05, 3.63) is 36.4 Å². The zero-order valence-electron chi connectivity index (χ0n) is 20.4. The number of carbonyl (C=O) groups is 2. The van der Waals surface area contributed by atoms with E-state index in [1.165, 1.54) is 0 Å². The fourth-order valence-corrected chi connectivity index (χ4v) is 4.35. The van der Waals surface area contributed by atoms with E-state index >= 15 is 0 Å². The Morgan fingerprint density at radius 3 is 2.59 bits per heavy atom. The molecule has 1 aliphatic carbocycles. The van der Waals surface area contributed by atoms with Crippen LogP contribution < -0.4 is 9.64 Å². The van der Waals surface area contributed by atoms with Crippen LogP contribution in [-0.4, -0.2) is 77.7 Å². The van der Waals surface area contributed by atoms with Gasteiger partial charge in [0.05, 0.1) is 12.8 Å². The summed E-state index contributed by atoms with van der Waals surface area (Å²) in [5, 5.41) is 8.88. The van der Waals surface area contributed by atoms with E-state index in [0.717, 1.165) is 48.6 Å². The Labute approximate surface area is 201 Å². The van der Waals surface area contributed by atoms with Crippen molar-refractivity contribution in [2.45, 2.75) is 45.6 Å². The monoisotopic (exact) mass is 465 g/mol. The molecule has 34 heavy (non-hydrogen) atoms. The number of hydrogen-bond donors (Lipinski definition) is 0. The molecular formula is C26H35N5O3. The van der Waals surface area contributed by atoms with Crippen LogP contribution in [0.5, 0.6) is 5.75 Å². The molecule has 8 heteroatoms. The van der Waals surface area contributed by atoms with Crippen LogP contribution >= 0.6 is 0 Å². The van der Waals surface area contributed by atoms with E-state index in [0.29, 0.717) is 32.0 Å². The Bertz CT molecular complexity index is 990. The third kappa shape index (κ3) is 6.04. The van der Waals surface area contributed by atoms with Crippen molar-refractivity contribution in [3.63, 3.8) is 0 Å². The lowest BCUT2D eigenvalue weighted by Gasteiger charge is -2.27. The van der Waals surface area contributed by atoms with Gasteiger partial charge in [0, 0.05) is 44.2 Å². The van der Waals surface area contributed by atoms with Crippen LogP contribution in [0, 0.1) is 5.92 Å². The average molecular weight is 466 g/mol. The van der Waals surface area contributed by atoms with Gasteiger partial charge in [-0.25, -0.2) is 0 Å². The highest BCUT2D eigenvalue weighted by molar-refractivity contribution is 5.85. The number of nitrogens with zero attached hydrogens (tertiary/aromatic N) is 5. The van der Waals surface area contributed by atoms with Crippen LogP contribution in [0.25, 0.3) is 11.3 Å². The summed E-state index contributed by atoms with van der Waals surface area (Å²) in [5.74, 6) is 2.05. The first-order valence-electron chi connectivity index (χ1n) is 12.2. The number of amides is 2. The maximum atomic E-state index is 13.1. The minimum Gasteiger partial charge on any atom is -0.497 e. The van der Waals surface area contributed by atoms with E-state index in [9.17, 15) is 9.59 Å². The number of ether oxygens (including phenoxy) is 1. The van der Waals surface area contributed by atoms with Gasteiger partial charge in [-0.1, -0.05) is 26.0 Å². The summed E-state index contributed by atoms with van der Waals surface area (Å²) < 4.78 is 5.30. The van der Waals surface area contributed by atoms with E-state index in [1.54, 1.807) is 7.11 Å².